The molecule has 7 heteroatoms. The van der Waals surface area contributed by atoms with Crippen molar-refractivity contribution in [2.24, 2.45) is 5.92 Å². The van der Waals surface area contributed by atoms with Crippen LogP contribution in [0.5, 0.6) is 0 Å². The Kier molecular flexibility index (Phi) is 4.28. The zero-order valence-electron chi connectivity index (χ0n) is 9.16. The van der Waals surface area contributed by atoms with Crippen molar-refractivity contribution in [2.45, 2.75) is 25.9 Å². The lowest BCUT2D eigenvalue weighted by Crippen LogP contribution is -2.45. The normalized spacial score (nSPS) is 27.9. The van der Waals surface area contributed by atoms with Gasteiger partial charge in [0.15, 0.2) is 0 Å². The number of carboxylic acid groups (broad SMARTS) is 1. The number of piperidine rings is 1. The van der Waals surface area contributed by atoms with Crippen LogP contribution < -0.4 is 0 Å². The third-order valence-electron chi connectivity index (χ3n) is 2.79. The van der Waals surface area contributed by atoms with Gasteiger partial charge in [0, 0.05) is 13.1 Å². The standard InChI is InChI=1S/C9H17NO5S/c1-7-6-10(4-2-8(7)11)16(14,15)5-3-9(12)13/h7-8,11H,2-6H2,1H3,(H,12,13). The maximum atomic E-state index is 11.7. The first-order valence-electron chi connectivity index (χ1n) is 5.20. The molecule has 1 aliphatic heterocycles. The largest absolute Gasteiger partial charge is 0.481 e. The van der Waals surface area contributed by atoms with E-state index in [4.69, 9.17) is 5.11 Å². The number of aliphatic carboxylic acids is 1. The molecule has 0 bridgehead atoms. The third kappa shape index (κ3) is 3.43. The number of aliphatic hydroxyl groups is 1. The second kappa shape index (κ2) is 5.11. The summed E-state index contributed by atoms with van der Waals surface area (Å²) in [4.78, 5) is 10.3. The van der Waals surface area contributed by atoms with Crippen molar-refractivity contribution in [1.82, 2.24) is 4.31 Å². The van der Waals surface area contributed by atoms with Crippen LogP contribution in [0.15, 0.2) is 0 Å². The number of hydrogen-bond donors (Lipinski definition) is 2. The summed E-state index contributed by atoms with van der Waals surface area (Å²) in [5, 5.41) is 17.9. The fraction of sp³-hybridized carbons (Fsp3) is 0.889. The Hall–Kier alpha value is -0.660. The average Bonchev–Trinajstić information content (AvgIpc) is 2.19. The first kappa shape index (κ1) is 13.4. The van der Waals surface area contributed by atoms with Gasteiger partial charge in [-0.3, -0.25) is 4.79 Å². The van der Waals surface area contributed by atoms with Gasteiger partial charge in [0.1, 0.15) is 0 Å². The lowest BCUT2D eigenvalue weighted by molar-refractivity contribution is -0.136. The van der Waals surface area contributed by atoms with Crippen molar-refractivity contribution in [1.29, 1.82) is 0 Å². The molecular weight excluding hydrogens is 234 g/mol. The SMILES string of the molecule is CC1CN(S(=O)(=O)CCC(=O)O)CCC1O. The van der Waals surface area contributed by atoms with Crippen LogP contribution in [0.25, 0.3) is 0 Å². The summed E-state index contributed by atoms with van der Waals surface area (Å²) in [6, 6.07) is 0. The number of nitrogens with zero attached hydrogens (tertiary/aromatic N) is 1. The summed E-state index contributed by atoms with van der Waals surface area (Å²) in [7, 11) is -3.49. The Balaban J connectivity index is 2.59. The van der Waals surface area contributed by atoms with Gasteiger partial charge in [0.05, 0.1) is 18.3 Å². The van der Waals surface area contributed by atoms with Gasteiger partial charge in [-0.05, 0) is 12.3 Å². The summed E-state index contributed by atoms with van der Waals surface area (Å²) in [5.41, 5.74) is 0. The van der Waals surface area contributed by atoms with Crippen LogP contribution in [0.2, 0.25) is 0 Å². The minimum atomic E-state index is -3.49. The number of sulfonamides is 1. The maximum absolute atomic E-state index is 11.7. The Morgan fingerprint density at radius 2 is 2.12 bits per heavy atom. The van der Waals surface area contributed by atoms with Gasteiger partial charge in [-0.15, -0.1) is 0 Å². The molecule has 0 aromatic rings. The first-order valence-corrected chi connectivity index (χ1v) is 6.81. The molecule has 1 aliphatic rings. The molecule has 0 radical (unpaired) electrons. The molecule has 1 saturated heterocycles. The summed E-state index contributed by atoms with van der Waals surface area (Å²) in [6.45, 7) is 2.32. The predicted octanol–water partition coefficient (Wildman–Crippen LogP) is -0.506. The van der Waals surface area contributed by atoms with E-state index >= 15 is 0 Å². The van der Waals surface area contributed by atoms with Crippen LogP contribution in [0, 0.1) is 5.92 Å². The van der Waals surface area contributed by atoms with Gasteiger partial charge >= 0.3 is 5.97 Å². The Labute approximate surface area is 94.9 Å². The fourth-order valence-electron chi connectivity index (χ4n) is 1.69. The van der Waals surface area contributed by atoms with E-state index in [-0.39, 0.29) is 31.2 Å². The molecule has 6 nitrogen and oxygen atoms in total. The summed E-state index contributed by atoms with van der Waals surface area (Å²) >= 11 is 0. The van der Waals surface area contributed by atoms with Crippen molar-refractivity contribution >= 4 is 16.0 Å². The minimum absolute atomic E-state index is 0.103. The van der Waals surface area contributed by atoms with Crippen molar-refractivity contribution in [3.05, 3.63) is 0 Å². The molecular formula is C9H17NO5S. The molecule has 0 aromatic carbocycles. The van der Waals surface area contributed by atoms with Gasteiger partial charge in [-0.1, -0.05) is 6.92 Å². The molecule has 0 aliphatic carbocycles. The Morgan fingerprint density at radius 1 is 1.50 bits per heavy atom. The monoisotopic (exact) mass is 251 g/mol. The zero-order chi connectivity index (χ0) is 12.3. The second-order valence-electron chi connectivity index (χ2n) is 4.15. The van der Waals surface area contributed by atoms with Crippen LogP contribution >= 0.6 is 0 Å². The summed E-state index contributed by atoms with van der Waals surface area (Å²) < 4.78 is 24.7. The van der Waals surface area contributed by atoms with Gasteiger partial charge in [0.2, 0.25) is 10.0 Å². The number of hydrogen-bond acceptors (Lipinski definition) is 4. The number of aliphatic hydroxyl groups excluding tert-OH is 1. The third-order valence-corrected chi connectivity index (χ3v) is 4.63. The van der Waals surface area contributed by atoms with E-state index in [2.05, 4.69) is 0 Å². The van der Waals surface area contributed by atoms with E-state index in [1.54, 1.807) is 6.92 Å². The van der Waals surface area contributed by atoms with E-state index in [0.29, 0.717) is 6.42 Å². The van der Waals surface area contributed by atoms with Crippen molar-refractivity contribution in [3.63, 3.8) is 0 Å². The van der Waals surface area contributed by atoms with Crippen molar-refractivity contribution in [3.8, 4) is 0 Å². The highest BCUT2D eigenvalue weighted by Crippen LogP contribution is 2.19. The molecule has 94 valence electrons. The van der Waals surface area contributed by atoms with Gasteiger partial charge in [-0.2, -0.15) is 0 Å². The quantitative estimate of drug-likeness (QED) is 0.702. The highest BCUT2D eigenvalue weighted by Gasteiger charge is 2.31. The second-order valence-corrected chi connectivity index (χ2v) is 6.24. The molecule has 0 spiro atoms. The van der Waals surface area contributed by atoms with Gasteiger partial charge in [-0.25, -0.2) is 12.7 Å². The zero-order valence-corrected chi connectivity index (χ0v) is 9.98. The van der Waals surface area contributed by atoms with E-state index < -0.39 is 22.1 Å². The molecule has 0 saturated carbocycles. The van der Waals surface area contributed by atoms with Crippen LogP contribution in [0.4, 0.5) is 0 Å². The topological polar surface area (TPSA) is 94.9 Å². The molecule has 1 rings (SSSR count). The fourth-order valence-corrected chi connectivity index (χ4v) is 3.23. The van der Waals surface area contributed by atoms with Crippen LogP contribution in [-0.2, 0) is 14.8 Å². The lowest BCUT2D eigenvalue weighted by Gasteiger charge is -2.33. The molecule has 1 fully saturated rings. The van der Waals surface area contributed by atoms with Crippen LogP contribution in [-0.4, -0.2) is 53.9 Å². The van der Waals surface area contributed by atoms with Crippen LogP contribution in [0.1, 0.15) is 19.8 Å². The molecule has 2 N–H and O–H groups in total. The van der Waals surface area contributed by atoms with E-state index in [0.717, 1.165) is 0 Å². The van der Waals surface area contributed by atoms with E-state index in [1.807, 2.05) is 0 Å². The maximum Gasteiger partial charge on any atom is 0.304 e. The number of rotatable bonds is 4. The molecule has 2 atom stereocenters. The highest BCUT2D eigenvalue weighted by atomic mass is 32.2. The first-order chi connectivity index (χ1) is 7.33. The number of carboxylic acids is 1. The summed E-state index contributed by atoms with van der Waals surface area (Å²) in [6.07, 6.45) is -0.436. The number of carbonyl (C=O) groups is 1. The van der Waals surface area contributed by atoms with Gasteiger partial charge < -0.3 is 10.2 Å². The molecule has 0 amide bonds. The Morgan fingerprint density at radius 3 is 2.62 bits per heavy atom. The van der Waals surface area contributed by atoms with Crippen molar-refractivity contribution in [2.75, 3.05) is 18.8 Å². The lowest BCUT2D eigenvalue weighted by atomic mass is 9.99. The summed E-state index contributed by atoms with van der Waals surface area (Å²) in [5.74, 6) is -1.59. The highest BCUT2D eigenvalue weighted by molar-refractivity contribution is 7.89. The predicted molar refractivity (Wildman–Crippen MR) is 57.4 cm³/mol. The minimum Gasteiger partial charge on any atom is -0.481 e. The molecule has 1 heterocycles. The molecule has 16 heavy (non-hydrogen) atoms. The van der Waals surface area contributed by atoms with E-state index in [1.165, 1.54) is 4.31 Å². The van der Waals surface area contributed by atoms with Crippen molar-refractivity contribution < 1.29 is 23.4 Å². The van der Waals surface area contributed by atoms with Crippen LogP contribution in [0.3, 0.4) is 0 Å². The van der Waals surface area contributed by atoms with E-state index in [9.17, 15) is 18.3 Å². The smallest absolute Gasteiger partial charge is 0.304 e. The molecule has 0 aromatic heterocycles. The molecule has 2 unspecified atom stereocenters. The Bertz CT molecular complexity index is 353. The van der Waals surface area contributed by atoms with Gasteiger partial charge in [0.25, 0.3) is 0 Å². The average molecular weight is 251 g/mol.